The van der Waals surface area contributed by atoms with Crippen LogP contribution < -0.4 is 0 Å². The van der Waals surface area contributed by atoms with E-state index in [1.165, 1.54) is 4.90 Å². The van der Waals surface area contributed by atoms with E-state index in [9.17, 15) is 28.1 Å². The zero-order valence-corrected chi connectivity index (χ0v) is 14.5. The van der Waals surface area contributed by atoms with Gasteiger partial charge in [0.05, 0.1) is 21.1 Å². The standard InChI is InChI=1S/C17H15F3N2O3S/c1-21(10-12-5-3-2-4-6-12)16(23)11-26-15-8-7-13(17(18,19)20)9-14(15)22(24)25/h2-9H,10-11H2,1H3. The summed E-state index contributed by atoms with van der Waals surface area (Å²) >= 11 is 0.841. The molecule has 0 aromatic heterocycles. The first-order valence-electron chi connectivity index (χ1n) is 7.45. The Kier molecular flexibility index (Phi) is 6.25. The lowest BCUT2D eigenvalue weighted by molar-refractivity contribution is -0.388. The minimum absolute atomic E-state index is 0.0180. The van der Waals surface area contributed by atoms with E-state index in [0.717, 1.165) is 29.5 Å². The fourth-order valence-corrected chi connectivity index (χ4v) is 3.10. The van der Waals surface area contributed by atoms with Gasteiger partial charge < -0.3 is 4.90 Å². The van der Waals surface area contributed by atoms with E-state index in [4.69, 9.17) is 0 Å². The SMILES string of the molecule is CN(Cc1ccccc1)C(=O)CSc1ccc(C(F)(F)F)cc1[N+](=O)[O-]. The number of amides is 1. The van der Waals surface area contributed by atoms with E-state index < -0.39 is 22.4 Å². The van der Waals surface area contributed by atoms with Crippen LogP contribution in [0, 0.1) is 10.1 Å². The molecule has 0 saturated carbocycles. The second-order valence-electron chi connectivity index (χ2n) is 5.46. The summed E-state index contributed by atoms with van der Waals surface area (Å²) in [5, 5.41) is 11.1. The molecule has 2 rings (SSSR count). The Bertz CT molecular complexity index is 798. The summed E-state index contributed by atoms with van der Waals surface area (Å²) in [6, 6.07) is 11.5. The van der Waals surface area contributed by atoms with Crippen molar-refractivity contribution in [2.45, 2.75) is 17.6 Å². The average Bonchev–Trinajstić information content (AvgIpc) is 2.59. The molecule has 0 fully saturated rings. The molecular formula is C17H15F3N2O3S. The maximum Gasteiger partial charge on any atom is 0.416 e. The van der Waals surface area contributed by atoms with Crippen LogP contribution in [0.25, 0.3) is 0 Å². The van der Waals surface area contributed by atoms with Gasteiger partial charge in [-0.3, -0.25) is 14.9 Å². The predicted octanol–water partition coefficient (Wildman–Crippen LogP) is 4.36. The third-order valence-corrected chi connectivity index (χ3v) is 4.57. The van der Waals surface area contributed by atoms with Crippen LogP contribution in [0.1, 0.15) is 11.1 Å². The molecule has 9 heteroatoms. The van der Waals surface area contributed by atoms with Crippen molar-refractivity contribution in [2.24, 2.45) is 0 Å². The fourth-order valence-electron chi connectivity index (χ4n) is 2.15. The van der Waals surface area contributed by atoms with E-state index in [1.54, 1.807) is 7.05 Å². The van der Waals surface area contributed by atoms with Crippen LogP contribution in [0.2, 0.25) is 0 Å². The van der Waals surface area contributed by atoms with E-state index >= 15 is 0 Å². The molecule has 0 heterocycles. The largest absolute Gasteiger partial charge is 0.416 e. The van der Waals surface area contributed by atoms with Crippen LogP contribution in [0.15, 0.2) is 53.4 Å². The molecule has 0 atom stereocenters. The first-order valence-corrected chi connectivity index (χ1v) is 8.43. The number of nitro groups is 1. The monoisotopic (exact) mass is 384 g/mol. The summed E-state index contributed by atoms with van der Waals surface area (Å²) in [6.07, 6.45) is -4.67. The van der Waals surface area contributed by atoms with Gasteiger partial charge in [-0.1, -0.05) is 30.3 Å². The molecule has 26 heavy (non-hydrogen) atoms. The van der Waals surface area contributed by atoms with Gasteiger partial charge in [-0.2, -0.15) is 13.2 Å². The molecule has 0 N–H and O–H groups in total. The molecule has 0 spiro atoms. The third-order valence-electron chi connectivity index (χ3n) is 3.52. The smallest absolute Gasteiger partial charge is 0.341 e. The van der Waals surface area contributed by atoms with Crippen molar-refractivity contribution in [1.29, 1.82) is 0 Å². The molecule has 0 saturated heterocycles. The summed E-state index contributed by atoms with van der Waals surface area (Å²) in [7, 11) is 1.59. The maximum atomic E-state index is 12.7. The lowest BCUT2D eigenvalue weighted by Crippen LogP contribution is -2.27. The Hall–Kier alpha value is -2.55. The zero-order valence-electron chi connectivity index (χ0n) is 13.7. The topological polar surface area (TPSA) is 63.5 Å². The van der Waals surface area contributed by atoms with Gasteiger partial charge >= 0.3 is 6.18 Å². The van der Waals surface area contributed by atoms with Crippen LogP contribution in [0.4, 0.5) is 18.9 Å². The van der Waals surface area contributed by atoms with Crippen LogP contribution in [0.3, 0.4) is 0 Å². The Labute approximate surface area is 152 Å². The molecule has 0 aliphatic rings. The quantitative estimate of drug-likeness (QED) is 0.422. The molecule has 0 bridgehead atoms. The van der Waals surface area contributed by atoms with Crippen LogP contribution in [-0.4, -0.2) is 28.5 Å². The summed E-state index contributed by atoms with van der Waals surface area (Å²) in [5.41, 5.74) is -0.835. The second-order valence-corrected chi connectivity index (χ2v) is 6.48. The lowest BCUT2D eigenvalue weighted by atomic mass is 10.2. The molecule has 1 amide bonds. The summed E-state index contributed by atoms with van der Waals surface area (Å²) < 4.78 is 38.1. The number of alkyl halides is 3. The average molecular weight is 384 g/mol. The molecule has 2 aromatic rings. The molecule has 0 radical (unpaired) electrons. The van der Waals surface area contributed by atoms with Crippen molar-refractivity contribution in [1.82, 2.24) is 4.90 Å². The van der Waals surface area contributed by atoms with Gasteiger partial charge in [-0.15, -0.1) is 11.8 Å². The number of halogens is 3. The normalized spacial score (nSPS) is 11.2. The Morgan fingerprint density at radius 1 is 1.19 bits per heavy atom. The number of thioether (sulfide) groups is 1. The zero-order chi connectivity index (χ0) is 19.3. The molecule has 0 unspecified atom stereocenters. The van der Waals surface area contributed by atoms with E-state index in [2.05, 4.69) is 0 Å². The third kappa shape index (κ3) is 5.22. The number of carbonyl (C=O) groups excluding carboxylic acids is 1. The van der Waals surface area contributed by atoms with Gasteiger partial charge in [0.1, 0.15) is 0 Å². The summed E-state index contributed by atoms with van der Waals surface area (Å²) in [5.74, 6) is -0.400. The Balaban J connectivity index is 2.06. The molecule has 0 aliphatic heterocycles. The highest BCUT2D eigenvalue weighted by Crippen LogP contribution is 2.36. The van der Waals surface area contributed by atoms with Gasteiger partial charge in [-0.05, 0) is 17.7 Å². The summed E-state index contributed by atoms with van der Waals surface area (Å²) in [4.78, 5) is 23.8. The van der Waals surface area contributed by atoms with Gasteiger partial charge in [0, 0.05) is 19.7 Å². The number of nitrogens with zero attached hydrogens (tertiary/aromatic N) is 2. The van der Waals surface area contributed by atoms with Crippen molar-refractivity contribution in [2.75, 3.05) is 12.8 Å². The van der Waals surface area contributed by atoms with Gasteiger partial charge in [-0.25, -0.2) is 0 Å². The molecule has 2 aromatic carbocycles. The van der Waals surface area contributed by atoms with Crippen molar-refractivity contribution in [3.05, 3.63) is 69.8 Å². The highest BCUT2D eigenvalue weighted by molar-refractivity contribution is 8.00. The molecule has 138 valence electrons. The van der Waals surface area contributed by atoms with Crippen molar-refractivity contribution >= 4 is 23.4 Å². The summed E-state index contributed by atoms with van der Waals surface area (Å²) in [6.45, 7) is 0.370. The molecule has 5 nitrogen and oxygen atoms in total. The minimum atomic E-state index is -4.67. The minimum Gasteiger partial charge on any atom is -0.341 e. The molecule has 0 aliphatic carbocycles. The molecular weight excluding hydrogens is 369 g/mol. The van der Waals surface area contributed by atoms with Crippen LogP contribution in [0.5, 0.6) is 0 Å². The second kappa shape index (κ2) is 8.22. The van der Waals surface area contributed by atoms with Gasteiger partial charge in [0.25, 0.3) is 5.69 Å². The van der Waals surface area contributed by atoms with E-state index in [1.807, 2.05) is 30.3 Å². The van der Waals surface area contributed by atoms with Crippen molar-refractivity contribution in [3.63, 3.8) is 0 Å². The number of hydrogen-bond donors (Lipinski definition) is 0. The number of rotatable bonds is 6. The Morgan fingerprint density at radius 3 is 2.42 bits per heavy atom. The number of nitro benzene ring substituents is 1. The van der Waals surface area contributed by atoms with Crippen LogP contribution in [-0.2, 0) is 17.5 Å². The van der Waals surface area contributed by atoms with E-state index in [0.29, 0.717) is 12.6 Å². The van der Waals surface area contributed by atoms with Gasteiger partial charge in [0.15, 0.2) is 0 Å². The first kappa shape index (κ1) is 19.8. The fraction of sp³-hybridized carbons (Fsp3) is 0.235. The maximum absolute atomic E-state index is 12.7. The number of carbonyl (C=O) groups is 1. The highest BCUT2D eigenvalue weighted by Gasteiger charge is 2.33. The van der Waals surface area contributed by atoms with Gasteiger partial charge in [0.2, 0.25) is 5.91 Å². The van der Waals surface area contributed by atoms with E-state index in [-0.39, 0.29) is 16.6 Å². The van der Waals surface area contributed by atoms with Crippen molar-refractivity contribution in [3.8, 4) is 0 Å². The highest BCUT2D eigenvalue weighted by atomic mass is 32.2. The lowest BCUT2D eigenvalue weighted by Gasteiger charge is -2.17. The number of hydrogen-bond acceptors (Lipinski definition) is 4. The number of benzene rings is 2. The predicted molar refractivity (Wildman–Crippen MR) is 91.7 cm³/mol. The Morgan fingerprint density at radius 2 is 1.85 bits per heavy atom. The van der Waals surface area contributed by atoms with Crippen LogP contribution >= 0.6 is 11.8 Å². The van der Waals surface area contributed by atoms with Crippen molar-refractivity contribution < 1.29 is 22.9 Å². The first-order chi connectivity index (χ1) is 12.2.